The normalized spacial score (nSPS) is 18.9. The van der Waals surface area contributed by atoms with Gasteiger partial charge in [0.15, 0.2) is 0 Å². The van der Waals surface area contributed by atoms with Crippen LogP contribution in [0.15, 0.2) is 23.1 Å². The zero-order valence-electron chi connectivity index (χ0n) is 12.2. The summed E-state index contributed by atoms with van der Waals surface area (Å²) in [5.74, 6) is 0. The lowest BCUT2D eigenvalue weighted by Gasteiger charge is -2.22. The average molecular weight is 297 g/mol. The van der Waals surface area contributed by atoms with Gasteiger partial charge in [-0.25, -0.2) is 8.42 Å². The molecule has 0 atom stereocenters. The summed E-state index contributed by atoms with van der Waals surface area (Å²) in [5.41, 5.74) is 7.09. The number of nitrogens with two attached hydrogens (primary N) is 1. The van der Waals surface area contributed by atoms with Crippen LogP contribution in [-0.4, -0.2) is 50.8 Å². The van der Waals surface area contributed by atoms with Gasteiger partial charge in [0.2, 0.25) is 10.0 Å². The monoisotopic (exact) mass is 297 g/mol. The first-order valence-corrected chi connectivity index (χ1v) is 8.46. The Balaban J connectivity index is 2.36. The summed E-state index contributed by atoms with van der Waals surface area (Å²) in [6.45, 7) is 4.77. The molecule has 1 aromatic rings. The number of rotatable bonds is 3. The van der Waals surface area contributed by atoms with Crippen molar-refractivity contribution in [1.29, 1.82) is 0 Å². The first-order chi connectivity index (χ1) is 9.45. The lowest BCUT2D eigenvalue weighted by atomic mass is 10.1. The molecule has 0 amide bonds. The van der Waals surface area contributed by atoms with Gasteiger partial charge in [-0.1, -0.05) is 13.0 Å². The van der Waals surface area contributed by atoms with E-state index in [0.29, 0.717) is 30.1 Å². The molecule has 5 nitrogen and oxygen atoms in total. The summed E-state index contributed by atoms with van der Waals surface area (Å²) < 4.78 is 27.2. The number of nitrogens with zero attached hydrogens (tertiary/aromatic N) is 2. The van der Waals surface area contributed by atoms with E-state index in [9.17, 15) is 8.42 Å². The fraction of sp³-hybridized carbons (Fsp3) is 0.571. The lowest BCUT2D eigenvalue weighted by molar-refractivity contribution is 0.347. The third-order valence-corrected chi connectivity index (χ3v) is 5.75. The van der Waals surface area contributed by atoms with Crippen molar-refractivity contribution in [3.05, 3.63) is 23.8 Å². The van der Waals surface area contributed by atoms with E-state index in [-0.39, 0.29) is 0 Å². The first kappa shape index (κ1) is 15.3. The largest absolute Gasteiger partial charge is 0.399 e. The van der Waals surface area contributed by atoms with Gasteiger partial charge in [-0.2, -0.15) is 4.31 Å². The molecule has 1 fully saturated rings. The summed E-state index contributed by atoms with van der Waals surface area (Å²) in [7, 11) is -1.43. The minimum absolute atomic E-state index is 0.365. The molecule has 1 saturated heterocycles. The number of hydrogen-bond acceptors (Lipinski definition) is 4. The van der Waals surface area contributed by atoms with Crippen LogP contribution in [0.2, 0.25) is 0 Å². The maximum absolute atomic E-state index is 12.8. The van der Waals surface area contributed by atoms with Crippen LogP contribution < -0.4 is 5.73 Å². The van der Waals surface area contributed by atoms with Crippen LogP contribution in [0.4, 0.5) is 5.69 Å². The molecule has 1 aliphatic rings. The third-order valence-electron chi connectivity index (χ3n) is 3.77. The highest BCUT2D eigenvalue weighted by Gasteiger charge is 2.28. The molecule has 0 aromatic heterocycles. The zero-order chi connectivity index (χ0) is 14.8. The molecule has 6 heteroatoms. The van der Waals surface area contributed by atoms with E-state index in [2.05, 4.69) is 4.90 Å². The Morgan fingerprint density at radius 1 is 1.20 bits per heavy atom. The van der Waals surface area contributed by atoms with E-state index in [0.717, 1.165) is 25.1 Å². The van der Waals surface area contributed by atoms with Gasteiger partial charge >= 0.3 is 0 Å². The quantitative estimate of drug-likeness (QED) is 0.850. The summed E-state index contributed by atoms with van der Waals surface area (Å²) >= 11 is 0. The fourth-order valence-electron chi connectivity index (χ4n) is 2.51. The molecule has 1 aromatic carbocycles. The Morgan fingerprint density at radius 2 is 1.95 bits per heavy atom. The molecule has 0 radical (unpaired) electrons. The Kier molecular flexibility index (Phi) is 4.67. The number of benzene rings is 1. The van der Waals surface area contributed by atoms with Gasteiger partial charge in [0, 0.05) is 25.3 Å². The molecule has 1 aliphatic heterocycles. The molecular weight excluding hydrogens is 274 g/mol. The minimum atomic E-state index is -3.45. The molecule has 1 heterocycles. The number of hydrogen-bond donors (Lipinski definition) is 1. The maximum atomic E-state index is 12.8. The minimum Gasteiger partial charge on any atom is -0.399 e. The molecule has 2 rings (SSSR count). The van der Waals surface area contributed by atoms with Crippen LogP contribution in [-0.2, 0) is 16.4 Å². The smallest absolute Gasteiger partial charge is 0.243 e. The second-order valence-electron chi connectivity index (χ2n) is 5.28. The number of nitrogen functional groups attached to an aromatic ring is 1. The van der Waals surface area contributed by atoms with E-state index in [1.165, 1.54) is 0 Å². The van der Waals surface area contributed by atoms with Crippen molar-refractivity contribution >= 4 is 15.7 Å². The molecule has 2 N–H and O–H groups in total. The van der Waals surface area contributed by atoms with Crippen LogP contribution in [0.3, 0.4) is 0 Å². The summed E-state index contributed by atoms with van der Waals surface area (Å²) in [4.78, 5) is 2.53. The number of aryl methyl sites for hydroxylation is 1. The Labute approximate surface area is 121 Å². The van der Waals surface area contributed by atoms with Crippen LogP contribution >= 0.6 is 0 Å². The molecule has 20 heavy (non-hydrogen) atoms. The third kappa shape index (κ3) is 3.13. The molecular formula is C14H23N3O2S. The van der Waals surface area contributed by atoms with Gasteiger partial charge < -0.3 is 10.6 Å². The van der Waals surface area contributed by atoms with E-state index >= 15 is 0 Å². The van der Waals surface area contributed by atoms with Crippen LogP contribution in [0.5, 0.6) is 0 Å². The standard InChI is InChI=1S/C14H23N3O2S/c1-3-12-5-6-13(15)11-14(12)20(18,19)17-8-4-7-16(2)9-10-17/h5-6,11H,3-4,7-10,15H2,1-2H3. The number of likely N-dealkylation sites (N-methyl/N-ethyl adjacent to an activating group) is 1. The van der Waals surface area contributed by atoms with Crippen molar-refractivity contribution < 1.29 is 8.42 Å². The average Bonchev–Trinajstić information content (AvgIpc) is 2.64. The topological polar surface area (TPSA) is 66.6 Å². The zero-order valence-corrected chi connectivity index (χ0v) is 13.0. The van der Waals surface area contributed by atoms with Gasteiger partial charge in [-0.3, -0.25) is 0 Å². The molecule has 0 bridgehead atoms. The summed E-state index contributed by atoms with van der Waals surface area (Å²) in [6, 6.07) is 5.16. The molecule has 0 saturated carbocycles. The van der Waals surface area contributed by atoms with Crippen LogP contribution in [0, 0.1) is 0 Å². The first-order valence-electron chi connectivity index (χ1n) is 7.02. The van der Waals surface area contributed by atoms with E-state index < -0.39 is 10.0 Å². The fourth-order valence-corrected chi connectivity index (χ4v) is 4.30. The van der Waals surface area contributed by atoms with E-state index in [4.69, 9.17) is 5.73 Å². The van der Waals surface area contributed by atoms with Crippen molar-refractivity contribution in [2.75, 3.05) is 39.0 Å². The van der Waals surface area contributed by atoms with Crippen molar-refractivity contribution in [2.45, 2.75) is 24.7 Å². The lowest BCUT2D eigenvalue weighted by Crippen LogP contribution is -2.35. The highest BCUT2D eigenvalue weighted by Crippen LogP contribution is 2.24. The second kappa shape index (κ2) is 6.11. The van der Waals surface area contributed by atoms with Gasteiger partial charge in [0.1, 0.15) is 0 Å². The Hall–Kier alpha value is -1.11. The van der Waals surface area contributed by atoms with Gasteiger partial charge in [0.25, 0.3) is 0 Å². The summed E-state index contributed by atoms with van der Waals surface area (Å²) in [6.07, 6.45) is 1.54. The van der Waals surface area contributed by atoms with Crippen LogP contribution in [0.25, 0.3) is 0 Å². The predicted octanol–water partition coefficient (Wildman–Crippen LogP) is 1.16. The second-order valence-corrected chi connectivity index (χ2v) is 7.19. The maximum Gasteiger partial charge on any atom is 0.243 e. The Bertz CT molecular complexity index is 572. The molecule has 0 spiro atoms. The van der Waals surface area contributed by atoms with E-state index in [1.54, 1.807) is 16.4 Å². The summed E-state index contributed by atoms with van der Waals surface area (Å²) in [5, 5.41) is 0. The highest BCUT2D eigenvalue weighted by molar-refractivity contribution is 7.89. The van der Waals surface area contributed by atoms with Gasteiger partial charge in [-0.15, -0.1) is 0 Å². The van der Waals surface area contributed by atoms with Gasteiger partial charge in [0.05, 0.1) is 4.90 Å². The van der Waals surface area contributed by atoms with Crippen molar-refractivity contribution in [2.24, 2.45) is 0 Å². The van der Waals surface area contributed by atoms with Crippen molar-refractivity contribution in [1.82, 2.24) is 9.21 Å². The molecule has 0 unspecified atom stereocenters. The SMILES string of the molecule is CCc1ccc(N)cc1S(=O)(=O)N1CCCN(C)CC1. The van der Waals surface area contributed by atoms with Crippen LogP contribution in [0.1, 0.15) is 18.9 Å². The predicted molar refractivity (Wildman–Crippen MR) is 81.1 cm³/mol. The van der Waals surface area contributed by atoms with Crippen molar-refractivity contribution in [3.8, 4) is 0 Å². The van der Waals surface area contributed by atoms with Crippen molar-refractivity contribution in [3.63, 3.8) is 0 Å². The molecule has 112 valence electrons. The highest BCUT2D eigenvalue weighted by atomic mass is 32.2. The molecule has 0 aliphatic carbocycles. The number of sulfonamides is 1. The Morgan fingerprint density at radius 3 is 2.65 bits per heavy atom. The van der Waals surface area contributed by atoms with E-state index in [1.807, 2.05) is 20.0 Å². The van der Waals surface area contributed by atoms with Gasteiger partial charge in [-0.05, 0) is 44.1 Å². The number of anilines is 1.